The van der Waals surface area contributed by atoms with Crippen molar-refractivity contribution in [1.29, 1.82) is 0 Å². The fourth-order valence-corrected chi connectivity index (χ4v) is 1.64. The lowest BCUT2D eigenvalue weighted by Crippen LogP contribution is -1.97. The molecule has 0 saturated carbocycles. The van der Waals surface area contributed by atoms with Crippen LogP contribution in [0.5, 0.6) is 11.5 Å². The molecule has 0 fully saturated rings. The Hall–Kier alpha value is -1.91. The van der Waals surface area contributed by atoms with Crippen LogP contribution in [0.3, 0.4) is 0 Å². The zero-order valence-corrected chi connectivity index (χ0v) is 9.64. The normalized spacial score (nSPS) is 10.4. The molecule has 0 amide bonds. The Kier molecular flexibility index (Phi) is 3.92. The highest BCUT2D eigenvalue weighted by Crippen LogP contribution is 2.29. The van der Waals surface area contributed by atoms with Gasteiger partial charge in [0.05, 0.1) is 18.8 Å². The Bertz CT molecular complexity index is 540. The standard InChI is InChI=1S/C14H13FO3/c15-12-5-3-7-14(11(12)9-17)18-13-6-2-1-4-10(13)8-16/h1-7,16-17H,8-9H2. The minimum Gasteiger partial charge on any atom is -0.457 e. The molecule has 0 aliphatic rings. The van der Waals surface area contributed by atoms with Gasteiger partial charge in [0.2, 0.25) is 0 Å². The highest BCUT2D eigenvalue weighted by molar-refractivity contribution is 5.41. The van der Waals surface area contributed by atoms with Crippen LogP contribution in [0, 0.1) is 5.82 Å². The Morgan fingerprint density at radius 1 is 0.889 bits per heavy atom. The minimum atomic E-state index is -0.517. The van der Waals surface area contributed by atoms with E-state index < -0.39 is 12.4 Å². The van der Waals surface area contributed by atoms with Crippen LogP contribution in [-0.4, -0.2) is 10.2 Å². The first-order valence-electron chi connectivity index (χ1n) is 5.51. The van der Waals surface area contributed by atoms with Gasteiger partial charge in [0.1, 0.15) is 17.3 Å². The van der Waals surface area contributed by atoms with Crippen LogP contribution >= 0.6 is 0 Å². The lowest BCUT2D eigenvalue weighted by Gasteiger charge is -2.12. The van der Waals surface area contributed by atoms with E-state index in [4.69, 9.17) is 9.84 Å². The summed E-state index contributed by atoms with van der Waals surface area (Å²) in [5.41, 5.74) is 0.705. The number of para-hydroxylation sites is 1. The van der Waals surface area contributed by atoms with Crippen molar-refractivity contribution < 1.29 is 19.3 Å². The minimum absolute atomic E-state index is 0.102. The van der Waals surface area contributed by atoms with Crippen LogP contribution in [0.4, 0.5) is 4.39 Å². The number of hydrogen-bond donors (Lipinski definition) is 2. The van der Waals surface area contributed by atoms with Crippen molar-refractivity contribution in [3.05, 3.63) is 59.4 Å². The van der Waals surface area contributed by atoms with Gasteiger partial charge in [-0.1, -0.05) is 24.3 Å². The lowest BCUT2D eigenvalue weighted by molar-refractivity contribution is 0.266. The fraction of sp³-hybridized carbons (Fsp3) is 0.143. The van der Waals surface area contributed by atoms with E-state index in [1.165, 1.54) is 12.1 Å². The maximum atomic E-state index is 13.4. The number of aliphatic hydroxyl groups excluding tert-OH is 2. The van der Waals surface area contributed by atoms with E-state index >= 15 is 0 Å². The van der Waals surface area contributed by atoms with Crippen molar-refractivity contribution in [2.75, 3.05) is 0 Å². The number of benzene rings is 2. The van der Waals surface area contributed by atoms with Crippen LogP contribution in [0.15, 0.2) is 42.5 Å². The fourth-order valence-electron chi connectivity index (χ4n) is 1.64. The molecule has 94 valence electrons. The topological polar surface area (TPSA) is 49.7 Å². The van der Waals surface area contributed by atoms with Gasteiger partial charge in [-0.3, -0.25) is 0 Å². The molecule has 3 nitrogen and oxygen atoms in total. The lowest BCUT2D eigenvalue weighted by atomic mass is 10.2. The SMILES string of the molecule is OCc1ccccc1Oc1cccc(F)c1CO. The quantitative estimate of drug-likeness (QED) is 0.874. The van der Waals surface area contributed by atoms with Gasteiger partial charge in [-0.15, -0.1) is 0 Å². The predicted octanol–water partition coefficient (Wildman–Crippen LogP) is 2.60. The van der Waals surface area contributed by atoms with Crippen LogP contribution in [0.2, 0.25) is 0 Å². The van der Waals surface area contributed by atoms with E-state index in [9.17, 15) is 9.50 Å². The summed E-state index contributed by atoms with van der Waals surface area (Å²) in [7, 11) is 0. The third-order valence-electron chi connectivity index (χ3n) is 2.60. The number of aliphatic hydroxyl groups is 2. The molecule has 0 aromatic heterocycles. The maximum Gasteiger partial charge on any atom is 0.135 e. The van der Waals surface area contributed by atoms with E-state index in [2.05, 4.69) is 0 Å². The monoisotopic (exact) mass is 248 g/mol. The van der Waals surface area contributed by atoms with Crippen molar-refractivity contribution in [2.24, 2.45) is 0 Å². The van der Waals surface area contributed by atoms with E-state index in [1.807, 2.05) is 0 Å². The summed E-state index contributed by atoms with van der Waals surface area (Å²) in [5, 5.41) is 18.3. The molecule has 2 aromatic rings. The molecule has 4 heteroatoms. The van der Waals surface area contributed by atoms with Crippen molar-refractivity contribution in [2.45, 2.75) is 13.2 Å². The van der Waals surface area contributed by atoms with E-state index in [-0.39, 0.29) is 17.9 Å². The Morgan fingerprint density at radius 2 is 1.61 bits per heavy atom. The number of halogens is 1. The molecule has 0 radical (unpaired) electrons. The van der Waals surface area contributed by atoms with E-state index in [0.717, 1.165) is 0 Å². The number of ether oxygens (including phenoxy) is 1. The first-order valence-corrected chi connectivity index (χ1v) is 5.51. The van der Waals surface area contributed by atoms with Crippen LogP contribution in [0.25, 0.3) is 0 Å². The van der Waals surface area contributed by atoms with E-state index in [0.29, 0.717) is 11.3 Å². The molecule has 0 saturated heterocycles. The third-order valence-corrected chi connectivity index (χ3v) is 2.60. The average Bonchev–Trinajstić information content (AvgIpc) is 2.40. The second kappa shape index (κ2) is 5.62. The number of hydrogen-bond acceptors (Lipinski definition) is 3. The molecule has 0 atom stereocenters. The maximum absolute atomic E-state index is 13.4. The highest BCUT2D eigenvalue weighted by atomic mass is 19.1. The molecule has 18 heavy (non-hydrogen) atoms. The molecule has 0 heterocycles. The first-order chi connectivity index (χ1) is 8.76. The van der Waals surface area contributed by atoms with Crippen LogP contribution in [0.1, 0.15) is 11.1 Å². The molecule has 0 aliphatic heterocycles. The highest BCUT2D eigenvalue weighted by Gasteiger charge is 2.10. The molecule has 0 aliphatic carbocycles. The Morgan fingerprint density at radius 3 is 2.33 bits per heavy atom. The van der Waals surface area contributed by atoms with Gasteiger partial charge in [0.15, 0.2) is 0 Å². The molecule has 0 unspecified atom stereocenters. The van der Waals surface area contributed by atoms with Crippen LogP contribution in [-0.2, 0) is 13.2 Å². The summed E-state index contributed by atoms with van der Waals surface area (Å²) < 4.78 is 19.0. The first kappa shape index (κ1) is 12.5. The summed E-state index contributed by atoms with van der Waals surface area (Å²) in [6, 6.07) is 11.3. The summed E-state index contributed by atoms with van der Waals surface area (Å²) in [6.07, 6.45) is 0. The zero-order chi connectivity index (χ0) is 13.0. The van der Waals surface area contributed by atoms with Crippen LogP contribution < -0.4 is 4.74 Å². The smallest absolute Gasteiger partial charge is 0.135 e. The largest absolute Gasteiger partial charge is 0.457 e. The molecule has 0 spiro atoms. The Balaban J connectivity index is 2.37. The van der Waals surface area contributed by atoms with Gasteiger partial charge in [-0.05, 0) is 18.2 Å². The van der Waals surface area contributed by atoms with Gasteiger partial charge < -0.3 is 14.9 Å². The van der Waals surface area contributed by atoms with Crippen molar-refractivity contribution in [1.82, 2.24) is 0 Å². The molecule has 2 N–H and O–H groups in total. The van der Waals surface area contributed by atoms with Gasteiger partial charge in [-0.2, -0.15) is 0 Å². The summed E-state index contributed by atoms with van der Waals surface area (Å²) in [6.45, 7) is -0.608. The van der Waals surface area contributed by atoms with Gasteiger partial charge in [0.25, 0.3) is 0 Å². The molecular formula is C14H13FO3. The third kappa shape index (κ3) is 2.50. The summed E-state index contributed by atoms with van der Waals surface area (Å²) >= 11 is 0. The Labute approximate surface area is 104 Å². The predicted molar refractivity (Wildman–Crippen MR) is 64.8 cm³/mol. The number of rotatable bonds is 4. The van der Waals surface area contributed by atoms with Gasteiger partial charge in [0, 0.05) is 5.56 Å². The molecule has 0 bridgehead atoms. The van der Waals surface area contributed by atoms with Gasteiger partial charge in [-0.25, -0.2) is 4.39 Å². The summed E-state index contributed by atoms with van der Waals surface area (Å²) in [4.78, 5) is 0. The molecule has 2 rings (SSSR count). The second-order valence-electron chi connectivity index (χ2n) is 3.74. The van der Waals surface area contributed by atoms with Gasteiger partial charge >= 0.3 is 0 Å². The summed E-state index contributed by atoms with van der Waals surface area (Å²) in [5.74, 6) is 0.176. The van der Waals surface area contributed by atoms with E-state index in [1.54, 1.807) is 30.3 Å². The van der Waals surface area contributed by atoms with Crippen molar-refractivity contribution in [3.8, 4) is 11.5 Å². The average molecular weight is 248 g/mol. The van der Waals surface area contributed by atoms with Crippen molar-refractivity contribution in [3.63, 3.8) is 0 Å². The molecule has 2 aromatic carbocycles. The zero-order valence-electron chi connectivity index (χ0n) is 9.64. The molecular weight excluding hydrogens is 235 g/mol. The second-order valence-corrected chi connectivity index (χ2v) is 3.74. The van der Waals surface area contributed by atoms with Crippen molar-refractivity contribution >= 4 is 0 Å².